The number of benzene rings is 3. The summed E-state index contributed by atoms with van der Waals surface area (Å²) in [5, 5.41) is 13.9. The molecule has 4 aromatic rings. The zero-order valence-electron chi connectivity index (χ0n) is 21.9. The van der Waals surface area contributed by atoms with E-state index in [0.29, 0.717) is 10.6 Å². The Kier molecular flexibility index (Phi) is 8.32. The highest BCUT2D eigenvalue weighted by atomic mass is 35.5. The Labute approximate surface area is 242 Å². The summed E-state index contributed by atoms with van der Waals surface area (Å²) in [6.07, 6.45) is -4.62. The first-order valence-corrected chi connectivity index (χ1v) is 13.9. The maximum absolute atomic E-state index is 13.6. The summed E-state index contributed by atoms with van der Waals surface area (Å²) in [6.45, 7) is 3.71. The number of nitrogens with one attached hydrogen (secondary N) is 2. The van der Waals surface area contributed by atoms with Crippen LogP contribution in [0.1, 0.15) is 5.56 Å². The van der Waals surface area contributed by atoms with Crippen molar-refractivity contribution in [2.45, 2.75) is 16.0 Å². The fourth-order valence-corrected chi connectivity index (χ4v) is 5.80. The zero-order chi connectivity index (χ0) is 29.3. The smallest absolute Gasteiger partial charge is 0.416 e. The van der Waals surface area contributed by atoms with Crippen LogP contribution >= 0.6 is 23.4 Å². The van der Waals surface area contributed by atoms with Crippen LogP contribution in [0.25, 0.3) is 22.0 Å². The molecule has 0 unspecified atom stereocenters. The minimum atomic E-state index is -4.62. The number of rotatable bonds is 6. The number of alkyl halides is 3. The standard InChI is InChI=1S/C29H26ClF3N4O3S/c1-36-10-12-37(13-11-36)16-25(39)34-19-4-6-20(7-5-19)41-27-26(22-15-18(30)3-9-24(22)38)21-14-17(29(31,32)33)2-8-23(21)35-28(27)40/h2-9,14-15,38H,10-13,16H2,1H3,(H,34,39)(H,35,40). The summed E-state index contributed by atoms with van der Waals surface area (Å²) in [5.41, 5.74) is -0.426. The number of fused-ring (bicyclic) bond motifs is 1. The van der Waals surface area contributed by atoms with Crippen molar-refractivity contribution in [3.63, 3.8) is 0 Å². The van der Waals surface area contributed by atoms with Gasteiger partial charge in [-0.15, -0.1) is 0 Å². The summed E-state index contributed by atoms with van der Waals surface area (Å²) in [7, 11) is 2.04. The molecule has 2 heterocycles. The van der Waals surface area contributed by atoms with Crippen molar-refractivity contribution in [2.24, 2.45) is 0 Å². The topological polar surface area (TPSA) is 88.7 Å². The third kappa shape index (κ3) is 6.70. The number of phenols is 1. The third-order valence-electron chi connectivity index (χ3n) is 6.85. The van der Waals surface area contributed by atoms with E-state index < -0.39 is 17.3 Å². The molecule has 1 fully saturated rings. The molecule has 12 heteroatoms. The predicted molar refractivity (Wildman–Crippen MR) is 155 cm³/mol. The molecular formula is C29H26ClF3N4O3S. The van der Waals surface area contributed by atoms with E-state index in [-0.39, 0.29) is 50.1 Å². The molecule has 3 N–H and O–H groups in total. The zero-order valence-corrected chi connectivity index (χ0v) is 23.5. The quantitative estimate of drug-likeness (QED) is 0.254. The summed E-state index contributed by atoms with van der Waals surface area (Å²) in [6, 6.07) is 14.0. The van der Waals surface area contributed by atoms with Crippen molar-refractivity contribution in [3.8, 4) is 16.9 Å². The van der Waals surface area contributed by atoms with Gasteiger partial charge in [-0.05, 0) is 67.7 Å². The first-order valence-electron chi connectivity index (χ1n) is 12.7. The molecule has 0 atom stereocenters. The second-order valence-electron chi connectivity index (χ2n) is 9.83. The molecule has 1 aliphatic heterocycles. The molecule has 0 bridgehead atoms. The van der Waals surface area contributed by atoms with Gasteiger partial charge in [0.25, 0.3) is 5.56 Å². The average Bonchev–Trinajstić information content (AvgIpc) is 2.92. The van der Waals surface area contributed by atoms with Crippen molar-refractivity contribution in [1.29, 1.82) is 0 Å². The number of amides is 1. The first-order chi connectivity index (χ1) is 19.5. The van der Waals surface area contributed by atoms with E-state index in [2.05, 4.69) is 20.1 Å². The lowest BCUT2D eigenvalue weighted by Gasteiger charge is -2.31. The minimum absolute atomic E-state index is 0.0845. The summed E-state index contributed by atoms with van der Waals surface area (Å²) < 4.78 is 40.8. The number of phenolic OH excluding ortho intramolecular Hbond substituents is 1. The number of aromatic nitrogens is 1. The highest BCUT2D eigenvalue weighted by molar-refractivity contribution is 7.99. The molecular weight excluding hydrogens is 577 g/mol. The lowest BCUT2D eigenvalue weighted by Crippen LogP contribution is -2.47. The Hall–Kier alpha value is -3.51. The number of nitrogens with zero attached hydrogens (tertiary/aromatic N) is 2. The van der Waals surface area contributed by atoms with Gasteiger partial charge >= 0.3 is 6.18 Å². The molecule has 5 rings (SSSR count). The van der Waals surface area contributed by atoms with Crippen LogP contribution in [0, 0.1) is 0 Å². The van der Waals surface area contributed by atoms with Crippen LogP contribution < -0.4 is 10.9 Å². The third-order valence-corrected chi connectivity index (χ3v) is 8.18. The fourth-order valence-electron chi connectivity index (χ4n) is 4.66. The maximum Gasteiger partial charge on any atom is 0.416 e. The van der Waals surface area contributed by atoms with E-state index >= 15 is 0 Å². The van der Waals surface area contributed by atoms with Crippen molar-refractivity contribution < 1.29 is 23.1 Å². The molecule has 0 aliphatic carbocycles. The SMILES string of the molecule is CN1CCN(CC(=O)Nc2ccc(Sc3c(-c4cc(Cl)ccc4O)c4cc(C(F)(F)F)ccc4[nH]c3=O)cc2)CC1. The summed E-state index contributed by atoms with van der Waals surface area (Å²) >= 11 is 7.21. The molecule has 41 heavy (non-hydrogen) atoms. The number of piperazine rings is 1. The number of pyridine rings is 1. The second kappa shape index (κ2) is 11.8. The van der Waals surface area contributed by atoms with Gasteiger partial charge in [0.05, 0.1) is 17.0 Å². The molecule has 0 radical (unpaired) electrons. The molecule has 0 saturated carbocycles. The van der Waals surface area contributed by atoms with Gasteiger partial charge in [0, 0.05) is 63.8 Å². The molecule has 1 aliphatic rings. The number of H-pyrrole nitrogens is 1. The minimum Gasteiger partial charge on any atom is -0.507 e. The largest absolute Gasteiger partial charge is 0.507 e. The Morgan fingerprint density at radius 3 is 2.44 bits per heavy atom. The van der Waals surface area contributed by atoms with Crippen molar-refractivity contribution in [2.75, 3.05) is 45.1 Å². The molecule has 3 aromatic carbocycles. The van der Waals surface area contributed by atoms with E-state index in [1.165, 1.54) is 24.3 Å². The average molecular weight is 603 g/mol. The Balaban J connectivity index is 1.47. The number of aromatic hydroxyl groups is 1. The molecule has 214 valence electrons. The predicted octanol–water partition coefficient (Wildman–Crippen LogP) is 5.91. The highest BCUT2D eigenvalue weighted by Gasteiger charge is 2.31. The van der Waals surface area contributed by atoms with E-state index in [4.69, 9.17) is 11.6 Å². The van der Waals surface area contributed by atoms with Gasteiger partial charge in [-0.2, -0.15) is 13.2 Å². The van der Waals surface area contributed by atoms with Gasteiger partial charge in [0.1, 0.15) is 5.75 Å². The highest BCUT2D eigenvalue weighted by Crippen LogP contribution is 2.43. The van der Waals surface area contributed by atoms with E-state index in [9.17, 15) is 27.9 Å². The molecule has 0 spiro atoms. The number of carbonyl (C=O) groups excluding carboxylic acids is 1. The van der Waals surface area contributed by atoms with Gasteiger partial charge in [0.15, 0.2) is 0 Å². The van der Waals surface area contributed by atoms with Crippen LogP contribution in [0.15, 0.2) is 75.2 Å². The number of likely N-dealkylation sites (N-methyl/N-ethyl adjacent to an activating group) is 1. The van der Waals surface area contributed by atoms with E-state index in [1.54, 1.807) is 24.3 Å². The van der Waals surface area contributed by atoms with Gasteiger partial charge in [-0.1, -0.05) is 23.4 Å². The number of carbonyl (C=O) groups is 1. The van der Waals surface area contributed by atoms with Crippen LogP contribution in [-0.2, 0) is 11.0 Å². The maximum atomic E-state index is 13.6. The number of hydrogen-bond acceptors (Lipinski definition) is 6. The Bertz CT molecular complexity index is 1650. The summed E-state index contributed by atoms with van der Waals surface area (Å²) in [5.74, 6) is -0.376. The van der Waals surface area contributed by atoms with Gasteiger partial charge in [-0.3, -0.25) is 14.5 Å². The normalized spacial score (nSPS) is 14.9. The fraction of sp³-hybridized carbons (Fsp3) is 0.241. The van der Waals surface area contributed by atoms with Crippen LogP contribution in [-0.4, -0.2) is 65.6 Å². The van der Waals surface area contributed by atoms with Gasteiger partial charge in [-0.25, -0.2) is 0 Å². The van der Waals surface area contributed by atoms with Crippen molar-refractivity contribution in [3.05, 3.63) is 81.6 Å². The Morgan fingerprint density at radius 1 is 1.05 bits per heavy atom. The van der Waals surface area contributed by atoms with Crippen molar-refractivity contribution >= 4 is 45.9 Å². The van der Waals surface area contributed by atoms with Crippen LogP contribution in [0.4, 0.5) is 18.9 Å². The van der Waals surface area contributed by atoms with Crippen LogP contribution in [0.5, 0.6) is 5.75 Å². The second-order valence-corrected chi connectivity index (χ2v) is 11.4. The number of anilines is 1. The lowest BCUT2D eigenvalue weighted by molar-refractivity contribution is -0.137. The number of hydrogen-bond donors (Lipinski definition) is 3. The molecule has 1 amide bonds. The monoisotopic (exact) mass is 602 g/mol. The van der Waals surface area contributed by atoms with Crippen LogP contribution in [0.3, 0.4) is 0 Å². The van der Waals surface area contributed by atoms with Crippen LogP contribution in [0.2, 0.25) is 5.02 Å². The molecule has 1 saturated heterocycles. The van der Waals surface area contributed by atoms with E-state index in [0.717, 1.165) is 50.1 Å². The van der Waals surface area contributed by atoms with E-state index in [1.807, 2.05) is 7.05 Å². The molecule has 7 nitrogen and oxygen atoms in total. The summed E-state index contributed by atoms with van der Waals surface area (Å²) in [4.78, 5) is 33.4. The Morgan fingerprint density at radius 2 is 1.76 bits per heavy atom. The lowest BCUT2D eigenvalue weighted by atomic mass is 9.98. The molecule has 1 aromatic heterocycles. The van der Waals surface area contributed by atoms with Gasteiger partial charge in [0.2, 0.25) is 5.91 Å². The number of halogens is 4. The first kappa shape index (κ1) is 29.0. The van der Waals surface area contributed by atoms with Gasteiger partial charge < -0.3 is 20.3 Å². The van der Waals surface area contributed by atoms with Crippen molar-refractivity contribution in [1.82, 2.24) is 14.8 Å². The number of aromatic amines is 1.